The molecule has 0 fully saturated rings. The molecule has 0 amide bonds. The van der Waals surface area contributed by atoms with E-state index in [0.717, 1.165) is 19.3 Å². The van der Waals surface area contributed by atoms with Gasteiger partial charge in [-0.1, -0.05) is 30.4 Å². The van der Waals surface area contributed by atoms with Gasteiger partial charge >= 0.3 is 0 Å². The molecule has 0 radical (unpaired) electrons. The zero-order valence-electron chi connectivity index (χ0n) is 8.29. The average molecular weight is 182 g/mol. The number of hydrogen-bond donors (Lipinski definition) is 0. The fraction of sp³-hybridized carbons (Fsp3) is 0.286. The minimum absolute atomic E-state index is 0.908. The number of hydrogen-bond acceptors (Lipinski definition) is 0. The molecular formula is C14H14. The fourth-order valence-electron chi connectivity index (χ4n) is 1.91. The van der Waals surface area contributed by atoms with Crippen molar-refractivity contribution in [2.75, 3.05) is 0 Å². The molecule has 0 bridgehead atoms. The van der Waals surface area contributed by atoms with Crippen LogP contribution in [0.2, 0.25) is 0 Å². The van der Waals surface area contributed by atoms with Crippen molar-refractivity contribution >= 4 is 0 Å². The highest BCUT2D eigenvalue weighted by Gasteiger charge is 2.13. The second kappa shape index (κ2) is 4.15. The van der Waals surface area contributed by atoms with Crippen LogP contribution in [0.4, 0.5) is 0 Å². The third-order valence-electron chi connectivity index (χ3n) is 2.68. The van der Waals surface area contributed by atoms with Crippen molar-refractivity contribution in [2.24, 2.45) is 0 Å². The van der Waals surface area contributed by atoms with E-state index < -0.39 is 0 Å². The van der Waals surface area contributed by atoms with E-state index in [4.69, 9.17) is 6.42 Å². The van der Waals surface area contributed by atoms with Gasteiger partial charge in [-0.2, -0.15) is 0 Å². The lowest BCUT2D eigenvalue weighted by Gasteiger charge is -2.01. The molecule has 2 aliphatic rings. The first kappa shape index (κ1) is 9.09. The Morgan fingerprint density at radius 2 is 2.07 bits per heavy atom. The van der Waals surface area contributed by atoms with E-state index in [0.29, 0.717) is 0 Å². The van der Waals surface area contributed by atoms with E-state index in [1.54, 1.807) is 0 Å². The Labute approximate surface area is 85.7 Å². The Kier molecular flexibility index (Phi) is 2.70. The minimum atomic E-state index is 0.908. The van der Waals surface area contributed by atoms with Crippen LogP contribution in [0.3, 0.4) is 0 Å². The molecule has 0 aromatic rings. The fourth-order valence-corrected chi connectivity index (χ4v) is 1.91. The molecule has 0 saturated carbocycles. The molecule has 14 heavy (non-hydrogen) atoms. The maximum absolute atomic E-state index is 5.21. The molecular weight excluding hydrogens is 168 g/mol. The van der Waals surface area contributed by atoms with Gasteiger partial charge in [0.25, 0.3) is 0 Å². The molecule has 2 aliphatic carbocycles. The van der Waals surface area contributed by atoms with Crippen molar-refractivity contribution in [2.45, 2.75) is 25.7 Å². The molecule has 0 saturated heterocycles. The van der Waals surface area contributed by atoms with Gasteiger partial charge < -0.3 is 0 Å². The molecule has 70 valence electrons. The summed E-state index contributed by atoms with van der Waals surface area (Å²) >= 11 is 0. The minimum Gasteiger partial charge on any atom is -0.120 e. The predicted molar refractivity (Wildman–Crippen MR) is 60.7 cm³/mol. The monoisotopic (exact) mass is 182 g/mol. The summed E-state index contributed by atoms with van der Waals surface area (Å²) in [6.07, 6.45) is 20.6. The summed E-state index contributed by atoms with van der Waals surface area (Å²) in [6.45, 7) is 0. The number of rotatable bonds is 4. The average Bonchev–Trinajstić information content (AvgIpc) is 2.75. The summed E-state index contributed by atoms with van der Waals surface area (Å²) in [5.41, 5.74) is 4.27. The summed E-state index contributed by atoms with van der Waals surface area (Å²) in [6, 6.07) is 0. The second-order valence-corrected chi connectivity index (χ2v) is 3.66. The van der Waals surface area contributed by atoms with E-state index in [-0.39, 0.29) is 0 Å². The lowest BCUT2D eigenvalue weighted by molar-refractivity contribution is 0.758. The SMILES string of the molecule is C#CCCCCC1=C2C=CC=C2C=C1. The Morgan fingerprint density at radius 3 is 2.93 bits per heavy atom. The third kappa shape index (κ3) is 1.72. The molecule has 0 spiro atoms. The van der Waals surface area contributed by atoms with Gasteiger partial charge in [0.2, 0.25) is 0 Å². The number of unbranched alkanes of at least 4 members (excludes halogenated alkanes) is 2. The first-order chi connectivity index (χ1) is 6.92. The van der Waals surface area contributed by atoms with Crippen molar-refractivity contribution < 1.29 is 0 Å². The summed E-state index contributed by atoms with van der Waals surface area (Å²) in [4.78, 5) is 0. The molecule has 0 aromatic heterocycles. The van der Waals surface area contributed by atoms with Crippen LogP contribution in [0.15, 0.2) is 47.1 Å². The van der Waals surface area contributed by atoms with Crippen LogP contribution in [0, 0.1) is 12.3 Å². The van der Waals surface area contributed by atoms with Gasteiger partial charge in [0.05, 0.1) is 0 Å². The van der Waals surface area contributed by atoms with Crippen molar-refractivity contribution in [1.29, 1.82) is 0 Å². The van der Waals surface area contributed by atoms with Crippen LogP contribution in [-0.4, -0.2) is 0 Å². The molecule has 0 unspecified atom stereocenters. The van der Waals surface area contributed by atoms with E-state index in [2.05, 4.69) is 36.3 Å². The lowest BCUT2D eigenvalue weighted by Crippen LogP contribution is -1.83. The molecule has 0 heterocycles. The summed E-state index contributed by atoms with van der Waals surface area (Å²) < 4.78 is 0. The molecule has 0 heteroatoms. The van der Waals surface area contributed by atoms with Crippen molar-refractivity contribution in [3.63, 3.8) is 0 Å². The standard InChI is InChI=1S/C14H14/c1-2-3-4-5-7-12-10-11-13-8-6-9-14(12)13/h1,6,8-11H,3-5,7H2. The van der Waals surface area contributed by atoms with E-state index >= 15 is 0 Å². The Bertz CT molecular complexity index is 381. The van der Waals surface area contributed by atoms with Crippen molar-refractivity contribution in [3.05, 3.63) is 47.1 Å². The second-order valence-electron chi connectivity index (χ2n) is 3.66. The summed E-state index contributed by atoms with van der Waals surface area (Å²) in [7, 11) is 0. The normalized spacial score (nSPS) is 17.2. The molecule has 0 N–H and O–H groups in total. The van der Waals surface area contributed by atoms with E-state index in [1.807, 2.05) is 0 Å². The zero-order chi connectivity index (χ0) is 9.80. The Hall–Kier alpha value is -1.48. The Balaban J connectivity index is 1.90. The van der Waals surface area contributed by atoms with Gasteiger partial charge in [0.1, 0.15) is 0 Å². The first-order valence-corrected chi connectivity index (χ1v) is 5.15. The lowest BCUT2D eigenvalue weighted by atomic mass is 10.0. The highest BCUT2D eigenvalue weighted by atomic mass is 14.2. The van der Waals surface area contributed by atoms with Gasteiger partial charge in [-0.15, -0.1) is 12.3 Å². The maximum atomic E-state index is 5.21. The van der Waals surface area contributed by atoms with Crippen LogP contribution >= 0.6 is 0 Å². The summed E-state index contributed by atoms with van der Waals surface area (Å²) in [5, 5.41) is 0. The van der Waals surface area contributed by atoms with E-state index in [1.165, 1.54) is 23.1 Å². The number of fused-ring (bicyclic) bond motifs is 1. The van der Waals surface area contributed by atoms with Gasteiger partial charge in [-0.25, -0.2) is 0 Å². The zero-order valence-corrected chi connectivity index (χ0v) is 8.29. The van der Waals surface area contributed by atoms with Gasteiger partial charge in [-0.3, -0.25) is 0 Å². The molecule has 2 rings (SSSR count). The quantitative estimate of drug-likeness (QED) is 0.461. The highest BCUT2D eigenvalue weighted by molar-refractivity contribution is 5.63. The van der Waals surface area contributed by atoms with Crippen molar-refractivity contribution in [3.8, 4) is 12.3 Å². The van der Waals surface area contributed by atoms with Gasteiger partial charge in [0, 0.05) is 6.42 Å². The molecule has 0 aromatic carbocycles. The van der Waals surface area contributed by atoms with Crippen LogP contribution in [0.5, 0.6) is 0 Å². The van der Waals surface area contributed by atoms with Crippen LogP contribution in [-0.2, 0) is 0 Å². The van der Waals surface area contributed by atoms with Crippen LogP contribution in [0.1, 0.15) is 25.7 Å². The molecule has 0 aliphatic heterocycles. The number of terminal acetylenes is 1. The topological polar surface area (TPSA) is 0 Å². The maximum Gasteiger partial charge on any atom is 0.00861 e. The first-order valence-electron chi connectivity index (χ1n) is 5.15. The third-order valence-corrected chi connectivity index (χ3v) is 2.68. The molecule has 0 atom stereocenters. The molecule has 0 nitrogen and oxygen atoms in total. The summed E-state index contributed by atoms with van der Waals surface area (Å²) in [5.74, 6) is 2.68. The van der Waals surface area contributed by atoms with Gasteiger partial charge in [-0.05, 0) is 36.0 Å². The smallest absolute Gasteiger partial charge is 0.00861 e. The van der Waals surface area contributed by atoms with Crippen LogP contribution < -0.4 is 0 Å². The van der Waals surface area contributed by atoms with Crippen LogP contribution in [0.25, 0.3) is 0 Å². The van der Waals surface area contributed by atoms with E-state index in [9.17, 15) is 0 Å². The largest absolute Gasteiger partial charge is 0.120 e. The Morgan fingerprint density at radius 1 is 1.14 bits per heavy atom. The highest BCUT2D eigenvalue weighted by Crippen LogP contribution is 2.32. The number of allylic oxidation sites excluding steroid dienone is 8. The van der Waals surface area contributed by atoms with Crippen molar-refractivity contribution in [1.82, 2.24) is 0 Å². The predicted octanol–water partition coefficient (Wildman–Crippen LogP) is 3.54. The van der Waals surface area contributed by atoms with Gasteiger partial charge in [0.15, 0.2) is 0 Å².